The molecule has 0 aliphatic carbocycles. The Morgan fingerprint density at radius 1 is 1.54 bits per heavy atom. The maximum absolute atomic E-state index is 10.8. The zero-order chi connectivity index (χ0) is 10.5. The highest BCUT2D eigenvalue weighted by molar-refractivity contribution is 5.75. The standard InChI is InChI=1S/C9H14O4/c1-4-13-7(10)5-6-9(2,3)8(11)12/h4H,1,5-6H2,2-3H3,(H,11,12). The van der Waals surface area contributed by atoms with Gasteiger partial charge in [0.25, 0.3) is 0 Å². The van der Waals surface area contributed by atoms with Crippen molar-refractivity contribution in [3.8, 4) is 0 Å². The number of ether oxygens (including phenoxy) is 1. The van der Waals surface area contributed by atoms with Crippen molar-refractivity contribution in [1.82, 2.24) is 0 Å². The van der Waals surface area contributed by atoms with Gasteiger partial charge in [-0.3, -0.25) is 9.59 Å². The van der Waals surface area contributed by atoms with Gasteiger partial charge < -0.3 is 9.84 Å². The highest BCUT2D eigenvalue weighted by Crippen LogP contribution is 2.22. The Bertz CT molecular complexity index is 218. The fourth-order valence-corrected chi connectivity index (χ4v) is 0.673. The van der Waals surface area contributed by atoms with E-state index in [4.69, 9.17) is 5.11 Å². The Morgan fingerprint density at radius 2 is 2.08 bits per heavy atom. The van der Waals surface area contributed by atoms with Crippen LogP contribution in [0.1, 0.15) is 26.7 Å². The Morgan fingerprint density at radius 3 is 2.46 bits per heavy atom. The average Bonchev–Trinajstić information content (AvgIpc) is 2.01. The van der Waals surface area contributed by atoms with E-state index in [9.17, 15) is 9.59 Å². The first kappa shape index (κ1) is 11.7. The zero-order valence-corrected chi connectivity index (χ0v) is 7.87. The second-order valence-corrected chi connectivity index (χ2v) is 3.35. The molecule has 0 unspecified atom stereocenters. The number of aliphatic carboxylic acids is 1. The molecule has 0 rings (SSSR count). The van der Waals surface area contributed by atoms with E-state index in [0.29, 0.717) is 0 Å². The van der Waals surface area contributed by atoms with E-state index in [1.54, 1.807) is 13.8 Å². The van der Waals surface area contributed by atoms with Crippen molar-refractivity contribution in [2.24, 2.45) is 5.41 Å². The Labute approximate surface area is 77.2 Å². The molecule has 0 bridgehead atoms. The summed E-state index contributed by atoms with van der Waals surface area (Å²) in [6, 6.07) is 0. The molecule has 0 aromatic rings. The zero-order valence-electron chi connectivity index (χ0n) is 7.87. The van der Waals surface area contributed by atoms with Crippen molar-refractivity contribution in [3.05, 3.63) is 12.8 Å². The van der Waals surface area contributed by atoms with Crippen LogP contribution in [-0.4, -0.2) is 17.0 Å². The van der Waals surface area contributed by atoms with Gasteiger partial charge in [-0.2, -0.15) is 0 Å². The Kier molecular flexibility index (Phi) is 4.17. The van der Waals surface area contributed by atoms with Gasteiger partial charge in [-0.15, -0.1) is 0 Å². The summed E-state index contributed by atoms with van der Waals surface area (Å²) >= 11 is 0. The van der Waals surface area contributed by atoms with Crippen molar-refractivity contribution in [3.63, 3.8) is 0 Å². The third kappa shape index (κ3) is 4.30. The first-order valence-electron chi connectivity index (χ1n) is 3.94. The van der Waals surface area contributed by atoms with Gasteiger partial charge in [0.15, 0.2) is 0 Å². The molecule has 0 amide bonds. The largest absolute Gasteiger partial charge is 0.481 e. The van der Waals surface area contributed by atoms with Crippen molar-refractivity contribution in [2.45, 2.75) is 26.7 Å². The van der Waals surface area contributed by atoms with Crippen LogP contribution < -0.4 is 0 Å². The molecule has 4 nitrogen and oxygen atoms in total. The number of carbonyl (C=O) groups excluding carboxylic acids is 1. The smallest absolute Gasteiger partial charge is 0.310 e. The molecule has 0 radical (unpaired) electrons. The molecule has 0 aromatic carbocycles. The van der Waals surface area contributed by atoms with Crippen LogP contribution in [0.15, 0.2) is 12.8 Å². The van der Waals surface area contributed by atoms with Gasteiger partial charge in [-0.05, 0) is 20.3 Å². The first-order chi connectivity index (χ1) is 5.90. The van der Waals surface area contributed by atoms with Crippen molar-refractivity contribution in [1.29, 1.82) is 0 Å². The Balaban J connectivity index is 3.94. The number of carboxylic acids is 1. The van der Waals surface area contributed by atoms with Crippen LogP contribution in [-0.2, 0) is 14.3 Å². The summed E-state index contributed by atoms with van der Waals surface area (Å²) in [7, 11) is 0. The molecule has 0 fully saturated rings. The van der Waals surface area contributed by atoms with Gasteiger partial charge >= 0.3 is 11.9 Å². The SMILES string of the molecule is C=COC(=O)CCC(C)(C)C(=O)O. The van der Waals surface area contributed by atoms with E-state index in [1.165, 1.54) is 0 Å². The van der Waals surface area contributed by atoms with Gasteiger partial charge in [-0.1, -0.05) is 6.58 Å². The van der Waals surface area contributed by atoms with Gasteiger partial charge in [0.2, 0.25) is 0 Å². The minimum absolute atomic E-state index is 0.0886. The fourth-order valence-electron chi connectivity index (χ4n) is 0.673. The highest BCUT2D eigenvalue weighted by Gasteiger charge is 2.27. The number of carbonyl (C=O) groups is 2. The molecule has 0 atom stereocenters. The van der Waals surface area contributed by atoms with E-state index in [0.717, 1.165) is 6.26 Å². The quantitative estimate of drug-likeness (QED) is 0.522. The van der Waals surface area contributed by atoms with Crippen LogP contribution in [0.25, 0.3) is 0 Å². The van der Waals surface area contributed by atoms with E-state index in [-0.39, 0.29) is 12.8 Å². The number of carboxylic acid groups (broad SMARTS) is 1. The summed E-state index contributed by atoms with van der Waals surface area (Å²) < 4.78 is 4.45. The van der Waals surface area contributed by atoms with E-state index in [1.807, 2.05) is 0 Å². The van der Waals surface area contributed by atoms with E-state index < -0.39 is 17.4 Å². The maximum Gasteiger partial charge on any atom is 0.310 e. The second-order valence-electron chi connectivity index (χ2n) is 3.35. The van der Waals surface area contributed by atoms with Crippen LogP contribution >= 0.6 is 0 Å². The van der Waals surface area contributed by atoms with E-state index >= 15 is 0 Å². The van der Waals surface area contributed by atoms with Crippen LogP contribution in [0, 0.1) is 5.41 Å². The van der Waals surface area contributed by atoms with Gasteiger partial charge in [-0.25, -0.2) is 0 Å². The van der Waals surface area contributed by atoms with Crippen molar-refractivity contribution in [2.75, 3.05) is 0 Å². The molecule has 0 saturated carbocycles. The van der Waals surface area contributed by atoms with Crippen LogP contribution in [0.3, 0.4) is 0 Å². The van der Waals surface area contributed by atoms with Gasteiger partial charge in [0, 0.05) is 6.42 Å². The summed E-state index contributed by atoms with van der Waals surface area (Å²) in [5.41, 5.74) is -0.889. The Hall–Kier alpha value is -1.32. The van der Waals surface area contributed by atoms with Gasteiger partial charge in [0.1, 0.15) is 0 Å². The molecule has 74 valence electrons. The van der Waals surface area contributed by atoms with Crippen LogP contribution in [0.4, 0.5) is 0 Å². The molecule has 0 spiro atoms. The molecule has 1 N–H and O–H groups in total. The monoisotopic (exact) mass is 186 g/mol. The molecule has 0 heterocycles. The minimum atomic E-state index is -0.918. The molecule has 0 saturated heterocycles. The predicted octanol–water partition coefficient (Wildman–Crippen LogP) is 1.56. The highest BCUT2D eigenvalue weighted by atomic mass is 16.5. The molecule has 4 heteroatoms. The first-order valence-corrected chi connectivity index (χ1v) is 3.94. The summed E-state index contributed by atoms with van der Waals surface area (Å²) in [6.07, 6.45) is 1.39. The summed E-state index contributed by atoms with van der Waals surface area (Å²) in [5.74, 6) is -1.37. The lowest BCUT2D eigenvalue weighted by Gasteiger charge is -2.17. The van der Waals surface area contributed by atoms with Gasteiger partial charge in [0.05, 0.1) is 11.7 Å². The third-order valence-corrected chi connectivity index (χ3v) is 1.75. The minimum Gasteiger partial charge on any atom is -0.481 e. The lowest BCUT2D eigenvalue weighted by molar-refractivity contribution is -0.148. The second kappa shape index (κ2) is 4.64. The normalized spacial score (nSPS) is 10.6. The summed E-state index contributed by atoms with van der Waals surface area (Å²) in [5, 5.41) is 8.71. The molecular weight excluding hydrogens is 172 g/mol. The molecular formula is C9H14O4. The number of hydrogen-bond acceptors (Lipinski definition) is 3. The van der Waals surface area contributed by atoms with Crippen LogP contribution in [0.5, 0.6) is 0 Å². The van der Waals surface area contributed by atoms with E-state index in [2.05, 4.69) is 11.3 Å². The molecule has 0 aliphatic rings. The molecule has 0 aliphatic heterocycles. The average molecular weight is 186 g/mol. The number of hydrogen-bond donors (Lipinski definition) is 1. The third-order valence-electron chi connectivity index (χ3n) is 1.75. The predicted molar refractivity (Wildman–Crippen MR) is 46.9 cm³/mol. The van der Waals surface area contributed by atoms with Crippen LogP contribution in [0.2, 0.25) is 0 Å². The molecule has 0 aromatic heterocycles. The summed E-state index contributed by atoms with van der Waals surface area (Å²) in [4.78, 5) is 21.4. The molecule has 13 heavy (non-hydrogen) atoms. The topological polar surface area (TPSA) is 63.6 Å². The number of esters is 1. The van der Waals surface area contributed by atoms with Crippen molar-refractivity contribution >= 4 is 11.9 Å². The lowest BCUT2D eigenvalue weighted by atomic mass is 9.88. The number of rotatable bonds is 5. The lowest BCUT2D eigenvalue weighted by Crippen LogP contribution is -2.24. The summed E-state index contributed by atoms with van der Waals surface area (Å²) in [6.45, 7) is 6.35. The van der Waals surface area contributed by atoms with Crippen molar-refractivity contribution < 1.29 is 19.4 Å². The fraction of sp³-hybridized carbons (Fsp3) is 0.556. The maximum atomic E-state index is 10.8.